The molecule has 0 saturated heterocycles. The highest BCUT2D eigenvalue weighted by atomic mass is 16.5. The fourth-order valence-electron chi connectivity index (χ4n) is 2.38. The van der Waals surface area contributed by atoms with Crippen LogP contribution in [-0.2, 0) is 11.2 Å². The van der Waals surface area contributed by atoms with Crippen LogP contribution in [0.5, 0.6) is 11.5 Å². The van der Waals surface area contributed by atoms with Crippen LogP contribution in [0.25, 0.3) is 0 Å². The van der Waals surface area contributed by atoms with Gasteiger partial charge in [0.15, 0.2) is 11.5 Å². The number of hydrogen-bond acceptors (Lipinski definition) is 4. The van der Waals surface area contributed by atoms with E-state index < -0.39 is 6.10 Å². The molecule has 104 valence electrons. The second-order valence-corrected chi connectivity index (χ2v) is 4.55. The Labute approximate surface area is 112 Å². The van der Waals surface area contributed by atoms with Crippen molar-refractivity contribution in [2.75, 3.05) is 25.7 Å². The van der Waals surface area contributed by atoms with Crippen molar-refractivity contribution in [1.82, 2.24) is 0 Å². The van der Waals surface area contributed by atoms with Crippen molar-refractivity contribution >= 4 is 11.6 Å². The van der Waals surface area contributed by atoms with E-state index in [1.165, 1.54) is 0 Å². The maximum Gasteiger partial charge on any atom is 0.226 e. The smallest absolute Gasteiger partial charge is 0.226 e. The highest BCUT2D eigenvalue weighted by Crippen LogP contribution is 2.38. The van der Waals surface area contributed by atoms with Crippen molar-refractivity contribution in [2.24, 2.45) is 0 Å². The van der Waals surface area contributed by atoms with Crippen molar-refractivity contribution in [2.45, 2.75) is 25.9 Å². The lowest BCUT2D eigenvalue weighted by Crippen LogP contribution is -2.42. The van der Waals surface area contributed by atoms with Crippen LogP contribution in [0.2, 0.25) is 0 Å². The van der Waals surface area contributed by atoms with E-state index in [9.17, 15) is 9.90 Å². The average Bonchev–Trinajstić information content (AvgIpc) is 2.43. The van der Waals surface area contributed by atoms with E-state index in [2.05, 4.69) is 0 Å². The van der Waals surface area contributed by atoms with Crippen LogP contribution in [0.15, 0.2) is 12.1 Å². The van der Waals surface area contributed by atoms with Gasteiger partial charge >= 0.3 is 0 Å². The van der Waals surface area contributed by atoms with E-state index >= 15 is 0 Å². The largest absolute Gasteiger partial charge is 0.493 e. The van der Waals surface area contributed by atoms with E-state index in [0.29, 0.717) is 30.9 Å². The lowest BCUT2D eigenvalue weighted by molar-refractivity contribution is -0.118. The van der Waals surface area contributed by atoms with Gasteiger partial charge in [0.05, 0.1) is 32.6 Å². The summed E-state index contributed by atoms with van der Waals surface area (Å²) in [7, 11) is 3.13. The van der Waals surface area contributed by atoms with Crippen molar-refractivity contribution in [1.29, 1.82) is 0 Å². The maximum absolute atomic E-state index is 12.0. The monoisotopic (exact) mass is 265 g/mol. The molecule has 19 heavy (non-hydrogen) atoms. The molecule has 1 aliphatic heterocycles. The molecule has 0 radical (unpaired) electrons. The molecule has 1 aliphatic rings. The van der Waals surface area contributed by atoms with Gasteiger partial charge in [-0.1, -0.05) is 6.92 Å². The topological polar surface area (TPSA) is 59.0 Å². The number of amides is 1. The maximum atomic E-state index is 12.0. The third-order valence-electron chi connectivity index (χ3n) is 3.33. The zero-order chi connectivity index (χ0) is 14.0. The van der Waals surface area contributed by atoms with Gasteiger partial charge in [-0.3, -0.25) is 4.79 Å². The standard InChI is InChI=1S/C14H19NO4/c1-4-14(17)15-8-10(16)5-9-6-12(18-2)13(19-3)7-11(9)15/h6-7,10,16H,4-5,8H2,1-3H3/t10-/m1/s1. The van der Waals surface area contributed by atoms with Crippen LogP contribution in [0, 0.1) is 0 Å². The Bertz CT molecular complexity index is 487. The van der Waals surface area contributed by atoms with Gasteiger partial charge in [-0.2, -0.15) is 0 Å². The highest BCUT2D eigenvalue weighted by Gasteiger charge is 2.28. The van der Waals surface area contributed by atoms with E-state index in [-0.39, 0.29) is 5.91 Å². The molecule has 0 unspecified atom stereocenters. The molecule has 0 bridgehead atoms. The van der Waals surface area contributed by atoms with Crippen LogP contribution in [0.1, 0.15) is 18.9 Å². The summed E-state index contributed by atoms with van der Waals surface area (Å²) in [5.74, 6) is 1.19. The first-order valence-corrected chi connectivity index (χ1v) is 6.34. The number of anilines is 1. The van der Waals surface area contributed by atoms with Crippen molar-refractivity contribution in [3.8, 4) is 11.5 Å². The lowest BCUT2D eigenvalue weighted by Gasteiger charge is -2.33. The number of hydrogen-bond donors (Lipinski definition) is 1. The van der Waals surface area contributed by atoms with E-state index in [4.69, 9.17) is 9.47 Å². The first-order chi connectivity index (χ1) is 9.10. The van der Waals surface area contributed by atoms with Gasteiger partial charge in [0.2, 0.25) is 5.91 Å². The number of aliphatic hydroxyl groups is 1. The Hall–Kier alpha value is -1.75. The zero-order valence-corrected chi connectivity index (χ0v) is 11.5. The minimum atomic E-state index is -0.541. The summed E-state index contributed by atoms with van der Waals surface area (Å²) < 4.78 is 10.5. The Morgan fingerprint density at radius 3 is 2.58 bits per heavy atom. The summed E-state index contributed by atoms with van der Waals surface area (Å²) in [4.78, 5) is 13.6. The van der Waals surface area contributed by atoms with Crippen molar-refractivity contribution in [3.63, 3.8) is 0 Å². The number of methoxy groups -OCH3 is 2. The third-order valence-corrected chi connectivity index (χ3v) is 3.33. The fraction of sp³-hybridized carbons (Fsp3) is 0.500. The van der Waals surface area contributed by atoms with Gasteiger partial charge in [-0.15, -0.1) is 0 Å². The van der Waals surface area contributed by atoms with Gasteiger partial charge in [0, 0.05) is 18.9 Å². The molecule has 0 spiro atoms. The quantitative estimate of drug-likeness (QED) is 0.896. The molecule has 1 heterocycles. The number of carbonyl (C=O) groups is 1. The van der Waals surface area contributed by atoms with Crippen molar-refractivity contribution < 1.29 is 19.4 Å². The fourth-order valence-corrected chi connectivity index (χ4v) is 2.38. The van der Waals surface area contributed by atoms with Gasteiger partial charge in [0.25, 0.3) is 0 Å². The molecular weight excluding hydrogens is 246 g/mol. The molecule has 0 aliphatic carbocycles. The number of carbonyl (C=O) groups excluding carboxylic acids is 1. The second-order valence-electron chi connectivity index (χ2n) is 4.55. The van der Waals surface area contributed by atoms with Crippen molar-refractivity contribution in [3.05, 3.63) is 17.7 Å². The summed E-state index contributed by atoms with van der Waals surface area (Å²) in [5, 5.41) is 9.89. The number of fused-ring (bicyclic) bond motifs is 1. The molecule has 1 aromatic carbocycles. The highest BCUT2D eigenvalue weighted by molar-refractivity contribution is 5.95. The van der Waals surface area contributed by atoms with Crippen LogP contribution in [0.4, 0.5) is 5.69 Å². The number of rotatable bonds is 3. The normalized spacial score (nSPS) is 17.9. The van der Waals surface area contributed by atoms with Crippen LogP contribution < -0.4 is 14.4 Å². The molecule has 1 aromatic rings. The van der Waals surface area contributed by atoms with Gasteiger partial charge < -0.3 is 19.5 Å². The molecule has 1 amide bonds. The molecule has 0 saturated carbocycles. The summed E-state index contributed by atoms with van der Waals surface area (Å²) in [6.07, 6.45) is 0.380. The van der Waals surface area contributed by atoms with E-state index in [0.717, 1.165) is 11.3 Å². The third kappa shape index (κ3) is 2.51. The molecule has 1 N–H and O–H groups in total. The molecule has 5 nitrogen and oxygen atoms in total. The van der Waals surface area contributed by atoms with Crippen LogP contribution in [-0.4, -0.2) is 37.9 Å². The molecule has 0 fully saturated rings. The average molecular weight is 265 g/mol. The molecule has 1 atom stereocenters. The van der Waals surface area contributed by atoms with Crippen LogP contribution >= 0.6 is 0 Å². The Kier molecular flexibility index (Phi) is 3.95. The molecule has 2 rings (SSSR count). The van der Waals surface area contributed by atoms with Gasteiger partial charge in [-0.25, -0.2) is 0 Å². The summed E-state index contributed by atoms with van der Waals surface area (Å²) in [6.45, 7) is 2.14. The predicted octanol–water partition coefficient (Wildman–Crippen LogP) is 1.36. The van der Waals surface area contributed by atoms with E-state index in [1.807, 2.05) is 13.0 Å². The Morgan fingerprint density at radius 1 is 1.37 bits per heavy atom. The van der Waals surface area contributed by atoms with Crippen LogP contribution in [0.3, 0.4) is 0 Å². The number of aliphatic hydroxyl groups excluding tert-OH is 1. The minimum Gasteiger partial charge on any atom is -0.493 e. The predicted molar refractivity (Wildman–Crippen MR) is 71.9 cm³/mol. The Balaban J connectivity index is 2.50. The van der Waals surface area contributed by atoms with E-state index in [1.54, 1.807) is 25.2 Å². The lowest BCUT2D eigenvalue weighted by atomic mass is 9.98. The van der Waals surface area contributed by atoms with Gasteiger partial charge in [0.1, 0.15) is 0 Å². The summed E-state index contributed by atoms with van der Waals surface area (Å²) >= 11 is 0. The molecule has 0 aromatic heterocycles. The molecule has 5 heteroatoms. The number of β-amino-alcohol motifs (C(OH)–C–C–N with tert-alkyl or cyclic N) is 1. The number of benzene rings is 1. The first kappa shape index (κ1) is 13.7. The minimum absolute atomic E-state index is 0.00720. The number of ether oxygens (including phenoxy) is 2. The zero-order valence-electron chi connectivity index (χ0n) is 11.5. The first-order valence-electron chi connectivity index (χ1n) is 6.34. The summed E-state index contributed by atoms with van der Waals surface area (Å²) in [5.41, 5.74) is 1.70. The van der Waals surface area contributed by atoms with Gasteiger partial charge in [-0.05, 0) is 11.6 Å². The molecular formula is C14H19NO4. The second kappa shape index (κ2) is 5.48. The summed E-state index contributed by atoms with van der Waals surface area (Å²) in [6, 6.07) is 3.63. The Morgan fingerprint density at radius 2 is 2.00 bits per heavy atom. The SMILES string of the molecule is CCC(=O)N1C[C@H](O)Cc2cc(OC)c(OC)cc21. The number of nitrogens with zero attached hydrogens (tertiary/aromatic N) is 1.